The number of rotatable bonds is 4. The van der Waals surface area contributed by atoms with E-state index in [9.17, 15) is 8.42 Å². The molecule has 0 saturated heterocycles. The number of hydrogen-bond donors (Lipinski definition) is 2. The van der Waals surface area contributed by atoms with Gasteiger partial charge in [-0.25, -0.2) is 13.5 Å². The summed E-state index contributed by atoms with van der Waals surface area (Å²) in [4.78, 5) is 4.53. The normalized spacial score (nSPS) is 15.5. The molecule has 3 aromatic rings. The molecule has 0 saturated carbocycles. The number of sulfone groups is 1. The number of benzene rings is 2. The van der Waals surface area contributed by atoms with Gasteiger partial charge in [-0.2, -0.15) is 4.98 Å². The van der Waals surface area contributed by atoms with Gasteiger partial charge in [0.1, 0.15) is 0 Å². The Morgan fingerprint density at radius 3 is 2.36 bits per heavy atom. The van der Waals surface area contributed by atoms with Gasteiger partial charge in [0.2, 0.25) is 20.9 Å². The van der Waals surface area contributed by atoms with Gasteiger partial charge in [-0.15, -0.1) is 5.10 Å². The van der Waals surface area contributed by atoms with E-state index in [1.54, 1.807) is 25.1 Å². The van der Waals surface area contributed by atoms with E-state index in [0.29, 0.717) is 11.5 Å². The predicted molar refractivity (Wildman–Crippen MR) is 107 cm³/mol. The standard InChI is InChI=1S/C21H22N4O2S/c1-13-6-2-3-11-18(13)28(26,27)21-23-20(24-25-21)22-19-16-9-4-7-14(16)12-15-8-5-10-17(15)19/h2-3,6,11-12H,4-5,7-10H2,1H3,(H2,22,23,24,25). The maximum absolute atomic E-state index is 12.9. The van der Waals surface area contributed by atoms with E-state index in [1.807, 2.05) is 6.07 Å². The molecule has 6 nitrogen and oxygen atoms in total. The number of nitrogens with one attached hydrogen (secondary N) is 2. The molecular formula is C21H22N4O2S. The summed E-state index contributed by atoms with van der Waals surface area (Å²) in [6.45, 7) is 1.78. The van der Waals surface area contributed by atoms with Crippen LogP contribution >= 0.6 is 0 Å². The monoisotopic (exact) mass is 394 g/mol. The fraction of sp³-hybridized carbons (Fsp3) is 0.333. The molecule has 0 bridgehead atoms. The lowest BCUT2D eigenvalue weighted by atomic mass is 9.99. The molecule has 0 atom stereocenters. The Hall–Kier alpha value is -2.67. The van der Waals surface area contributed by atoms with Gasteiger partial charge in [-0.05, 0) is 79.3 Å². The highest BCUT2D eigenvalue weighted by atomic mass is 32.2. The van der Waals surface area contributed by atoms with Crippen molar-refractivity contribution in [1.82, 2.24) is 15.2 Å². The number of aromatic amines is 1. The van der Waals surface area contributed by atoms with E-state index in [1.165, 1.54) is 22.3 Å². The summed E-state index contributed by atoms with van der Waals surface area (Å²) in [7, 11) is -3.73. The predicted octanol–water partition coefficient (Wildman–Crippen LogP) is 3.67. The number of hydrogen-bond acceptors (Lipinski definition) is 5. The highest BCUT2D eigenvalue weighted by molar-refractivity contribution is 7.91. The Labute approximate surface area is 164 Å². The maximum atomic E-state index is 12.9. The lowest BCUT2D eigenvalue weighted by molar-refractivity contribution is 0.587. The molecular weight excluding hydrogens is 372 g/mol. The molecule has 0 radical (unpaired) electrons. The SMILES string of the molecule is Cc1ccccc1S(=O)(=O)c1nc(Nc2c3c(cc4c2CCC4)CCC3)n[nH]1. The van der Waals surface area contributed by atoms with Crippen LogP contribution in [0.3, 0.4) is 0 Å². The quantitative estimate of drug-likeness (QED) is 0.705. The van der Waals surface area contributed by atoms with Crippen molar-refractivity contribution < 1.29 is 8.42 Å². The second-order valence-corrected chi connectivity index (χ2v) is 9.43. The molecule has 2 aromatic carbocycles. The summed E-state index contributed by atoms with van der Waals surface area (Å²) in [5.74, 6) is 0.307. The van der Waals surface area contributed by atoms with Crippen LogP contribution in [0.4, 0.5) is 11.6 Å². The van der Waals surface area contributed by atoms with Crippen molar-refractivity contribution in [3.63, 3.8) is 0 Å². The highest BCUT2D eigenvalue weighted by Crippen LogP contribution is 2.39. The third-order valence-corrected chi connectivity index (χ3v) is 7.54. The number of nitrogens with zero attached hydrogens (tertiary/aromatic N) is 2. The molecule has 0 aliphatic heterocycles. The summed E-state index contributed by atoms with van der Waals surface area (Å²) >= 11 is 0. The van der Waals surface area contributed by atoms with Gasteiger partial charge < -0.3 is 5.32 Å². The molecule has 144 valence electrons. The first-order valence-corrected chi connectivity index (χ1v) is 11.2. The minimum atomic E-state index is -3.73. The Balaban J connectivity index is 1.52. The Kier molecular flexibility index (Phi) is 4.01. The number of anilines is 2. The minimum absolute atomic E-state index is 0.131. The summed E-state index contributed by atoms with van der Waals surface area (Å²) < 4.78 is 25.9. The van der Waals surface area contributed by atoms with E-state index < -0.39 is 9.84 Å². The number of aromatic nitrogens is 3. The first kappa shape index (κ1) is 17.4. The van der Waals surface area contributed by atoms with E-state index in [2.05, 4.69) is 26.6 Å². The summed E-state index contributed by atoms with van der Waals surface area (Å²) in [6, 6.07) is 9.27. The zero-order valence-corrected chi connectivity index (χ0v) is 16.6. The fourth-order valence-electron chi connectivity index (χ4n) is 4.46. The topological polar surface area (TPSA) is 87.7 Å². The van der Waals surface area contributed by atoms with Crippen LogP contribution in [0, 0.1) is 6.92 Å². The maximum Gasteiger partial charge on any atom is 0.249 e. The van der Waals surface area contributed by atoms with Gasteiger partial charge in [0.25, 0.3) is 0 Å². The van der Waals surface area contributed by atoms with Gasteiger partial charge >= 0.3 is 0 Å². The fourth-order valence-corrected chi connectivity index (χ4v) is 5.79. The van der Waals surface area contributed by atoms with Crippen LogP contribution in [0.1, 0.15) is 40.7 Å². The van der Waals surface area contributed by atoms with Crippen molar-refractivity contribution in [1.29, 1.82) is 0 Å². The smallest absolute Gasteiger partial charge is 0.249 e. The van der Waals surface area contributed by atoms with Crippen LogP contribution in [-0.4, -0.2) is 23.6 Å². The van der Waals surface area contributed by atoms with E-state index >= 15 is 0 Å². The molecule has 2 aliphatic carbocycles. The molecule has 1 aromatic heterocycles. The Bertz CT molecular complexity index is 1150. The molecule has 2 N–H and O–H groups in total. The van der Waals surface area contributed by atoms with Gasteiger partial charge in [-0.3, -0.25) is 0 Å². The zero-order chi connectivity index (χ0) is 19.3. The van der Waals surface area contributed by atoms with Crippen molar-refractivity contribution in [3.8, 4) is 0 Å². The third-order valence-electron chi connectivity index (χ3n) is 5.81. The van der Waals surface area contributed by atoms with Gasteiger partial charge in [-0.1, -0.05) is 24.3 Å². The molecule has 0 fully saturated rings. The number of H-pyrrole nitrogens is 1. The Morgan fingerprint density at radius 2 is 1.68 bits per heavy atom. The number of fused-ring (bicyclic) bond motifs is 2. The average Bonchev–Trinajstić information content (AvgIpc) is 3.42. The van der Waals surface area contributed by atoms with Crippen molar-refractivity contribution in [2.24, 2.45) is 0 Å². The number of aryl methyl sites for hydroxylation is 3. The largest absolute Gasteiger partial charge is 0.322 e. The first-order valence-electron chi connectivity index (χ1n) is 9.70. The van der Waals surface area contributed by atoms with Crippen molar-refractivity contribution in [2.45, 2.75) is 55.5 Å². The zero-order valence-electron chi connectivity index (χ0n) is 15.7. The lowest BCUT2D eigenvalue weighted by Gasteiger charge is -2.15. The van der Waals surface area contributed by atoms with Crippen molar-refractivity contribution in [3.05, 3.63) is 58.1 Å². The molecule has 0 unspecified atom stereocenters. The molecule has 28 heavy (non-hydrogen) atoms. The van der Waals surface area contributed by atoms with Crippen LogP contribution < -0.4 is 5.32 Å². The van der Waals surface area contributed by atoms with Gasteiger partial charge in [0, 0.05) is 5.69 Å². The van der Waals surface area contributed by atoms with Crippen molar-refractivity contribution >= 4 is 21.5 Å². The third kappa shape index (κ3) is 2.73. The summed E-state index contributed by atoms with van der Waals surface area (Å²) in [5.41, 5.74) is 7.29. The van der Waals surface area contributed by atoms with E-state index in [-0.39, 0.29) is 10.1 Å². The average molecular weight is 395 g/mol. The van der Waals surface area contributed by atoms with Crippen LogP contribution in [0.2, 0.25) is 0 Å². The Morgan fingerprint density at radius 1 is 1.00 bits per heavy atom. The first-order chi connectivity index (χ1) is 13.5. The van der Waals surface area contributed by atoms with Crippen LogP contribution in [0.5, 0.6) is 0 Å². The second-order valence-electron chi connectivity index (χ2n) is 7.59. The molecule has 0 spiro atoms. The van der Waals surface area contributed by atoms with Crippen molar-refractivity contribution in [2.75, 3.05) is 5.32 Å². The molecule has 7 heteroatoms. The van der Waals surface area contributed by atoms with Crippen LogP contribution in [0.25, 0.3) is 0 Å². The van der Waals surface area contributed by atoms with Gasteiger partial charge in [0.05, 0.1) is 4.90 Å². The lowest BCUT2D eigenvalue weighted by Crippen LogP contribution is -2.06. The molecule has 0 amide bonds. The summed E-state index contributed by atoms with van der Waals surface area (Å²) in [5, 5.41) is 9.99. The minimum Gasteiger partial charge on any atom is -0.322 e. The van der Waals surface area contributed by atoms with E-state index in [0.717, 1.165) is 44.2 Å². The molecule has 1 heterocycles. The molecule has 5 rings (SSSR count). The van der Waals surface area contributed by atoms with E-state index in [4.69, 9.17) is 0 Å². The highest BCUT2D eigenvalue weighted by Gasteiger charge is 2.27. The second kappa shape index (κ2) is 6.44. The molecule has 2 aliphatic rings. The van der Waals surface area contributed by atoms with Gasteiger partial charge in [0.15, 0.2) is 0 Å². The summed E-state index contributed by atoms with van der Waals surface area (Å²) in [6.07, 6.45) is 6.63. The van der Waals surface area contributed by atoms with Crippen LogP contribution in [-0.2, 0) is 35.5 Å². The van der Waals surface area contributed by atoms with Crippen LogP contribution in [0.15, 0.2) is 40.4 Å².